The van der Waals surface area contributed by atoms with Crippen LogP contribution in [-0.2, 0) is 0 Å². The van der Waals surface area contributed by atoms with E-state index in [0.717, 1.165) is 17.2 Å². The molecular formula is C15H22FN. The lowest BCUT2D eigenvalue weighted by molar-refractivity contribution is 0.317. The molecule has 0 bridgehead atoms. The van der Waals surface area contributed by atoms with Crippen molar-refractivity contribution < 1.29 is 4.39 Å². The fourth-order valence-electron chi connectivity index (χ4n) is 2.84. The Kier molecular flexibility index (Phi) is 4.03. The normalized spacial score (nSPS) is 24.6. The third-order valence-corrected chi connectivity index (χ3v) is 3.97. The molecule has 1 fully saturated rings. The largest absolute Gasteiger partial charge is 0.382 e. The summed E-state index contributed by atoms with van der Waals surface area (Å²) in [6, 6.07) is 5.52. The second-order valence-electron chi connectivity index (χ2n) is 5.16. The molecule has 0 aromatic heterocycles. The third-order valence-electron chi connectivity index (χ3n) is 3.97. The number of aryl methyl sites for hydroxylation is 1. The molecule has 0 heterocycles. The molecule has 0 amide bonds. The van der Waals surface area contributed by atoms with Crippen LogP contribution in [0, 0.1) is 18.7 Å². The van der Waals surface area contributed by atoms with Crippen molar-refractivity contribution in [2.75, 3.05) is 5.32 Å². The van der Waals surface area contributed by atoms with Crippen LogP contribution in [0.5, 0.6) is 0 Å². The van der Waals surface area contributed by atoms with Crippen LogP contribution in [0.4, 0.5) is 10.1 Å². The van der Waals surface area contributed by atoms with E-state index in [0.29, 0.717) is 6.04 Å². The Labute approximate surface area is 103 Å². The molecule has 1 aliphatic rings. The van der Waals surface area contributed by atoms with E-state index < -0.39 is 0 Å². The minimum atomic E-state index is -0.151. The van der Waals surface area contributed by atoms with E-state index in [-0.39, 0.29) is 5.82 Å². The minimum absolute atomic E-state index is 0.151. The lowest BCUT2D eigenvalue weighted by Gasteiger charge is -2.32. The maximum absolute atomic E-state index is 13.2. The van der Waals surface area contributed by atoms with E-state index in [1.54, 1.807) is 6.07 Å². The Bertz CT molecular complexity index is 375. The SMILES string of the molecule is CCC1CCCCC1Nc1cc(F)ccc1C. The van der Waals surface area contributed by atoms with Crippen LogP contribution >= 0.6 is 0 Å². The van der Waals surface area contributed by atoms with Crippen molar-refractivity contribution >= 4 is 5.69 Å². The Balaban J connectivity index is 2.10. The van der Waals surface area contributed by atoms with Gasteiger partial charge in [0.2, 0.25) is 0 Å². The van der Waals surface area contributed by atoms with Crippen LogP contribution in [-0.4, -0.2) is 6.04 Å². The second-order valence-corrected chi connectivity index (χ2v) is 5.16. The molecule has 94 valence electrons. The summed E-state index contributed by atoms with van der Waals surface area (Å²) in [7, 11) is 0. The number of hydrogen-bond donors (Lipinski definition) is 1. The zero-order valence-electron chi connectivity index (χ0n) is 10.8. The Hall–Kier alpha value is -1.05. The summed E-state index contributed by atoms with van der Waals surface area (Å²) >= 11 is 0. The molecule has 0 saturated heterocycles. The number of anilines is 1. The van der Waals surface area contributed by atoms with Gasteiger partial charge >= 0.3 is 0 Å². The molecule has 1 aromatic rings. The smallest absolute Gasteiger partial charge is 0.125 e. The predicted molar refractivity (Wildman–Crippen MR) is 70.8 cm³/mol. The van der Waals surface area contributed by atoms with Gasteiger partial charge in [-0.2, -0.15) is 0 Å². The molecule has 0 radical (unpaired) electrons. The van der Waals surface area contributed by atoms with Gasteiger partial charge in [0, 0.05) is 11.7 Å². The highest BCUT2D eigenvalue weighted by Gasteiger charge is 2.23. The zero-order valence-corrected chi connectivity index (χ0v) is 10.8. The van der Waals surface area contributed by atoms with E-state index in [4.69, 9.17) is 0 Å². The van der Waals surface area contributed by atoms with Gasteiger partial charge in [0.05, 0.1) is 0 Å². The van der Waals surface area contributed by atoms with Gasteiger partial charge in [-0.05, 0) is 43.4 Å². The lowest BCUT2D eigenvalue weighted by Crippen LogP contribution is -2.32. The monoisotopic (exact) mass is 235 g/mol. The summed E-state index contributed by atoms with van der Waals surface area (Å²) in [5.41, 5.74) is 2.10. The molecule has 2 rings (SSSR count). The van der Waals surface area contributed by atoms with Crippen molar-refractivity contribution in [3.8, 4) is 0 Å². The molecule has 1 nitrogen and oxygen atoms in total. The van der Waals surface area contributed by atoms with Crippen molar-refractivity contribution in [1.82, 2.24) is 0 Å². The fourth-order valence-corrected chi connectivity index (χ4v) is 2.84. The molecule has 0 spiro atoms. The van der Waals surface area contributed by atoms with Gasteiger partial charge in [0.15, 0.2) is 0 Å². The average molecular weight is 235 g/mol. The van der Waals surface area contributed by atoms with Gasteiger partial charge < -0.3 is 5.32 Å². The molecule has 1 aliphatic carbocycles. The first kappa shape index (κ1) is 12.4. The quantitative estimate of drug-likeness (QED) is 0.812. The van der Waals surface area contributed by atoms with E-state index in [2.05, 4.69) is 12.2 Å². The molecule has 2 heteroatoms. The maximum atomic E-state index is 13.2. The number of halogens is 1. The van der Waals surface area contributed by atoms with Crippen molar-refractivity contribution in [2.45, 2.75) is 52.0 Å². The van der Waals surface area contributed by atoms with Gasteiger partial charge in [0.25, 0.3) is 0 Å². The summed E-state index contributed by atoms with van der Waals surface area (Å²) in [4.78, 5) is 0. The predicted octanol–water partition coefficient (Wildman–Crippen LogP) is 4.51. The van der Waals surface area contributed by atoms with Crippen LogP contribution in [0.2, 0.25) is 0 Å². The van der Waals surface area contributed by atoms with Gasteiger partial charge in [-0.3, -0.25) is 0 Å². The highest BCUT2D eigenvalue weighted by molar-refractivity contribution is 5.51. The molecule has 17 heavy (non-hydrogen) atoms. The van der Waals surface area contributed by atoms with Gasteiger partial charge in [-0.1, -0.05) is 32.3 Å². The zero-order chi connectivity index (χ0) is 12.3. The van der Waals surface area contributed by atoms with Crippen molar-refractivity contribution in [3.05, 3.63) is 29.6 Å². The number of hydrogen-bond acceptors (Lipinski definition) is 1. The number of nitrogens with one attached hydrogen (secondary N) is 1. The molecular weight excluding hydrogens is 213 g/mol. The molecule has 1 aromatic carbocycles. The van der Waals surface area contributed by atoms with Crippen molar-refractivity contribution in [3.63, 3.8) is 0 Å². The van der Waals surface area contributed by atoms with Gasteiger partial charge in [-0.25, -0.2) is 4.39 Å². The topological polar surface area (TPSA) is 12.0 Å². The number of rotatable bonds is 3. The standard InChI is InChI=1S/C15H22FN/c1-3-12-6-4-5-7-14(12)17-15-10-13(16)9-8-11(15)2/h8-10,12,14,17H,3-7H2,1-2H3. The van der Waals surface area contributed by atoms with Crippen molar-refractivity contribution in [1.29, 1.82) is 0 Å². The van der Waals surface area contributed by atoms with E-state index in [1.165, 1.54) is 38.2 Å². The van der Waals surface area contributed by atoms with Crippen molar-refractivity contribution in [2.24, 2.45) is 5.92 Å². The summed E-state index contributed by atoms with van der Waals surface area (Å²) in [5.74, 6) is 0.591. The van der Waals surface area contributed by atoms with Crippen LogP contribution in [0.15, 0.2) is 18.2 Å². The fraction of sp³-hybridized carbons (Fsp3) is 0.600. The third kappa shape index (κ3) is 2.99. The van der Waals surface area contributed by atoms with Crippen LogP contribution in [0.25, 0.3) is 0 Å². The highest BCUT2D eigenvalue weighted by atomic mass is 19.1. The first-order valence-electron chi connectivity index (χ1n) is 6.73. The van der Waals surface area contributed by atoms with E-state index >= 15 is 0 Å². The molecule has 2 unspecified atom stereocenters. The molecule has 1 N–H and O–H groups in total. The Morgan fingerprint density at radius 2 is 2.06 bits per heavy atom. The maximum Gasteiger partial charge on any atom is 0.125 e. The summed E-state index contributed by atoms with van der Waals surface area (Å²) in [6.07, 6.45) is 6.38. The van der Waals surface area contributed by atoms with E-state index in [1.807, 2.05) is 13.0 Å². The summed E-state index contributed by atoms with van der Waals surface area (Å²) in [6.45, 7) is 4.29. The summed E-state index contributed by atoms with van der Waals surface area (Å²) < 4.78 is 13.2. The second kappa shape index (κ2) is 5.52. The van der Waals surface area contributed by atoms with Crippen LogP contribution in [0.3, 0.4) is 0 Å². The molecule has 2 atom stereocenters. The molecule has 0 aliphatic heterocycles. The van der Waals surface area contributed by atoms with Crippen LogP contribution in [0.1, 0.15) is 44.6 Å². The van der Waals surface area contributed by atoms with Crippen LogP contribution < -0.4 is 5.32 Å². The van der Waals surface area contributed by atoms with Gasteiger partial charge in [-0.15, -0.1) is 0 Å². The first-order valence-corrected chi connectivity index (χ1v) is 6.73. The average Bonchev–Trinajstić information content (AvgIpc) is 2.34. The lowest BCUT2D eigenvalue weighted by atomic mass is 9.82. The Morgan fingerprint density at radius 3 is 2.82 bits per heavy atom. The highest BCUT2D eigenvalue weighted by Crippen LogP contribution is 2.30. The first-order chi connectivity index (χ1) is 8.20. The number of benzene rings is 1. The minimum Gasteiger partial charge on any atom is -0.382 e. The Morgan fingerprint density at radius 1 is 1.29 bits per heavy atom. The van der Waals surface area contributed by atoms with Gasteiger partial charge in [0.1, 0.15) is 5.82 Å². The molecule has 1 saturated carbocycles. The van der Waals surface area contributed by atoms with E-state index in [9.17, 15) is 4.39 Å². The summed E-state index contributed by atoms with van der Waals surface area (Å²) in [5, 5.41) is 3.55.